The molecule has 2 fully saturated rings. The lowest BCUT2D eigenvalue weighted by atomic mass is 9.63. The number of amides is 1. The number of methoxy groups -OCH3 is 1. The van der Waals surface area contributed by atoms with Gasteiger partial charge in [0.05, 0.1) is 12.5 Å². The van der Waals surface area contributed by atoms with Crippen LogP contribution in [0.15, 0.2) is 48.5 Å². The predicted molar refractivity (Wildman–Crippen MR) is 107 cm³/mol. The molecule has 1 aliphatic heterocycles. The van der Waals surface area contributed by atoms with Crippen molar-refractivity contribution in [3.05, 3.63) is 65.2 Å². The van der Waals surface area contributed by atoms with Crippen molar-refractivity contribution >= 4 is 5.91 Å². The molecule has 4 rings (SSSR count). The van der Waals surface area contributed by atoms with Gasteiger partial charge in [0.25, 0.3) is 0 Å². The molecule has 1 saturated heterocycles. The summed E-state index contributed by atoms with van der Waals surface area (Å²) in [4.78, 5) is 15.6. The Morgan fingerprint density at radius 1 is 1.15 bits per heavy atom. The van der Waals surface area contributed by atoms with Crippen LogP contribution in [0.2, 0.25) is 0 Å². The van der Waals surface area contributed by atoms with Gasteiger partial charge in [0.1, 0.15) is 5.75 Å². The second kappa shape index (κ2) is 7.01. The quantitative estimate of drug-likeness (QED) is 0.905. The number of carbonyl (C=O) groups excluding carboxylic acids is 1. The highest BCUT2D eigenvalue weighted by atomic mass is 16.5. The molecule has 2 aliphatic rings. The normalized spacial score (nSPS) is 23.7. The Balaban J connectivity index is 1.60. The molecule has 2 aromatic rings. The van der Waals surface area contributed by atoms with E-state index in [4.69, 9.17) is 10.5 Å². The van der Waals surface area contributed by atoms with Crippen LogP contribution in [0, 0.1) is 6.92 Å². The molecule has 0 unspecified atom stereocenters. The molecule has 4 heteroatoms. The standard InChI is InChI=1S/C23H28N2O2/c1-16-9-10-18(13-21(16)27-2)23(11-6-12-23)22(26)25-14-19(20(24)15-25)17-7-4-3-5-8-17/h3-5,7-10,13,19-20H,6,11-12,14-15,24H2,1-2H3/t19-,20+/m0/s1. The zero-order valence-electron chi connectivity index (χ0n) is 16.2. The summed E-state index contributed by atoms with van der Waals surface area (Å²) >= 11 is 0. The number of likely N-dealkylation sites (tertiary alicyclic amines) is 1. The third-order valence-corrected chi connectivity index (χ3v) is 6.46. The summed E-state index contributed by atoms with van der Waals surface area (Å²) in [5.41, 5.74) is 9.42. The Morgan fingerprint density at radius 3 is 2.52 bits per heavy atom. The van der Waals surface area contributed by atoms with Gasteiger partial charge in [-0.1, -0.05) is 48.9 Å². The van der Waals surface area contributed by atoms with Crippen molar-refractivity contribution in [2.75, 3.05) is 20.2 Å². The topological polar surface area (TPSA) is 55.6 Å². The second-order valence-electron chi connectivity index (χ2n) is 8.01. The highest BCUT2D eigenvalue weighted by Crippen LogP contribution is 2.47. The van der Waals surface area contributed by atoms with Gasteiger partial charge in [-0.25, -0.2) is 0 Å². The van der Waals surface area contributed by atoms with Gasteiger partial charge < -0.3 is 15.4 Å². The van der Waals surface area contributed by atoms with E-state index in [2.05, 4.69) is 30.3 Å². The van der Waals surface area contributed by atoms with Crippen LogP contribution in [0.5, 0.6) is 5.75 Å². The van der Waals surface area contributed by atoms with Gasteiger partial charge >= 0.3 is 0 Å². The summed E-state index contributed by atoms with van der Waals surface area (Å²) in [6.45, 7) is 3.36. The maximum absolute atomic E-state index is 13.6. The van der Waals surface area contributed by atoms with Crippen LogP contribution in [0.25, 0.3) is 0 Å². The zero-order chi connectivity index (χ0) is 19.0. The highest BCUT2D eigenvalue weighted by molar-refractivity contribution is 5.90. The summed E-state index contributed by atoms with van der Waals surface area (Å²) < 4.78 is 5.50. The third-order valence-electron chi connectivity index (χ3n) is 6.46. The molecular weight excluding hydrogens is 336 g/mol. The number of nitrogens with two attached hydrogens (primary N) is 1. The van der Waals surface area contributed by atoms with E-state index in [0.717, 1.165) is 36.1 Å². The number of ether oxygens (including phenoxy) is 1. The van der Waals surface area contributed by atoms with Crippen LogP contribution >= 0.6 is 0 Å². The molecule has 27 heavy (non-hydrogen) atoms. The summed E-state index contributed by atoms with van der Waals surface area (Å²) in [5.74, 6) is 1.29. The Morgan fingerprint density at radius 2 is 1.89 bits per heavy atom. The highest BCUT2D eigenvalue weighted by Gasteiger charge is 2.50. The summed E-state index contributed by atoms with van der Waals surface area (Å²) in [7, 11) is 1.69. The van der Waals surface area contributed by atoms with Crippen LogP contribution in [-0.2, 0) is 10.2 Å². The largest absolute Gasteiger partial charge is 0.496 e. The van der Waals surface area contributed by atoms with E-state index < -0.39 is 5.41 Å². The Bertz CT molecular complexity index is 830. The molecular formula is C23H28N2O2. The Labute approximate surface area is 161 Å². The number of hydrogen-bond acceptors (Lipinski definition) is 3. The minimum Gasteiger partial charge on any atom is -0.496 e. The van der Waals surface area contributed by atoms with E-state index >= 15 is 0 Å². The molecule has 0 spiro atoms. The molecule has 142 valence electrons. The van der Waals surface area contributed by atoms with E-state index in [1.165, 1.54) is 5.56 Å². The predicted octanol–water partition coefficient (Wildman–Crippen LogP) is 3.38. The molecule has 2 aromatic carbocycles. The van der Waals surface area contributed by atoms with Crippen molar-refractivity contribution in [1.29, 1.82) is 0 Å². The number of carbonyl (C=O) groups is 1. The van der Waals surface area contributed by atoms with Crippen LogP contribution in [-0.4, -0.2) is 37.0 Å². The molecule has 0 bridgehead atoms. The Hall–Kier alpha value is -2.33. The second-order valence-corrected chi connectivity index (χ2v) is 8.01. The average Bonchev–Trinajstić information content (AvgIpc) is 3.04. The molecule has 1 amide bonds. The van der Waals surface area contributed by atoms with Gasteiger partial charge in [-0.15, -0.1) is 0 Å². The first-order chi connectivity index (χ1) is 13.0. The maximum Gasteiger partial charge on any atom is 0.233 e. The molecule has 4 nitrogen and oxygen atoms in total. The lowest BCUT2D eigenvalue weighted by molar-refractivity contribution is -0.139. The van der Waals surface area contributed by atoms with Crippen molar-refractivity contribution in [2.45, 2.75) is 43.6 Å². The van der Waals surface area contributed by atoms with Crippen LogP contribution in [0.1, 0.15) is 41.9 Å². The van der Waals surface area contributed by atoms with Crippen LogP contribution < -0.4 is 10.5 Å². The average molecular weight is 364 g/mol. The van der Waals surface area contributed by atoms with Gasteiger partial charge in [-0.3, -0.25) is 4.79 Å². The van der Waals surface area contributed by atoms with E-state index in [-0.39, 0.29) is 17.9 Å². The fraction of sp³-hybridized carbons (Fsp3) is 0.435. The summed E-state index contributed by atoms with van der Waals surface area (Å²) in [6, 6.07) is 16.5. The van der Waals surface area contributed by atoms with Crippen LogP contribution in [0.4, 0.5) is 0 Å². The number of nitrogens with zero attached hydrogens (tertiary/aromatic N) is 1. The molecule has 2 N–H and O–H groups in total. The maximum atomic E-state index is 13.6. The van der Waals surface area contributed by atoms with Crippen LogP contribution in [0.3, 0.4) is 0 Å². The smallest absolute Gasteiger partial charge is 0.233 e. The van der Waals surface area contributed by atoms with E-state index in [1.807, 2.05) is 30.0 Å². The van der Waals surface area contributed by atoms with Gasteiger partial charge in [-0.2, -0.15) is 0 Å². The molecule has 1 heterocycles. The minimum atomic E-state index is -0.410. The SMILES string of the molecule is COc1cc(C2(C(=O)N3C[C@@H](N)[C@H](c4ccccc4)C3)CCC2)ccc1C. The van der Waals surface area contributed by atoms with Gasteiger partial charge in [0, 0.05) is 25.0 Å². The van der Waals surface area contributed by atoms with E-state index in [1.54, 1.807) is 7.11 Å². The lowest BCUT2D eigenvalue weighted by Gasteiger charge is -2.43. The minimum absolute atomic E-state index is 0.0129. The first-order valence-corrected chi connectivity index (χ1v) is 9.80. The lowest BCUT2D eigenvalue weighted by Crippen LogP contribution is -2.50. The van der Waals surface area contributed by atoms with Crippen molar-refractivity contribution in [2.24, 2.45) is 5.73 Å². The van der Waals surface area contributed by atoms with Gasteiger partial charge in [0.2, 0.25) is 5.91 Å². The molecule has 0 radical (unpaired) electrons. The number of hydrogen-bond donors (Lipinski definition) is 1. The fourth-order valence-electron chi connectivity index (χ4n) is 4.62. The molecule has 0 aromatic heterocycles. The molecule has 1 aliphatic carbocycles. The van der Waals surface area contributed by atoms with Crippen molar-refractivity contribution in [1.82, 2.24) is 4.90 Å². The van der Waals surface area contributed by atoms with Crippen molar-refractivity contribution < 1.29 is 9.53 Å². The zero-order valence-corrected chi connectivity index (χ0v) is 16.2. The first kappa shape index (κ1) is 18.1. The van der Waals surface area contributed by atoms with Gasteiger partial charge in [0.15, 0.2) is 0 Å². The van der Waals surface area contributed by atoms with Gasteiger partial charge in [-0.05, 0) is 42.5 Å². The van der Waals surface area contributed by atoms with Crippen molar-refractivity contribution in [3.8, 4) is 5.75 Å². The van der Waals surface area contributed by atoms with E-state index in [0.29, 0.717) is 13.1 Å². The third kappa shape index (κ3) is 3.02. The first-order valence-electron chi connectivity index (χ1n) is 9.80. The number of benzene rings is 2. The number of rotatable bonds is 4. The van der Waals surface area contributed by atoms with E-state index in [9.17, 15) is 4.79 Å². The number of aryl methyl sites for hydroxylation is 1. The molecule has 2 atom stereocenters. The fourth-order valence-corrected chi connectivity index (χ4v) is 4.62. The summed E-state index contributed by atoms with van der Waals surface area (Å²) in [6.07, 6.45) is 2.89. The monoisotopic (exact) mass is 364 g/mol. The van der Waals surface area contributed by atoms with Crippen molar-refractivity contribution in [3.63, 3.8) is 0 Å². The molecule has 1 saturated carbocycles. The summed E-state index contributed by atoms with van der Waals surface area (Å²) in [5, 5.41) is 0. The Kier molecular flexibility index (Phi) is 4.68.